The van der Waals surface area contributed by atoms with Gasteiger partial charge in [-0.05, 0) is 36.0 Å². The maximum absolute atomic E-state index is 14.6. The van der Waals surface area contributed by atoms with Gasteiger partial charge >= 0.3 is 6.09 Å². The molecule has 3 aliphatic rings. The molecule has 1 saturated carbocycles. The molecule has 1 aliphatic carbocycles. The molecule has 1 unspecified atom stereocenters. The molecule has 1 N–H and O–H groups in total. The summed E-state index contributed by atoms with van der Waals surface area (Å²) >= 11 is 0. The SMILES string of the molecule is COCC1[C@H]2CN(c3ccc(N4C[C@H](CO)OC4=O)cc3F)C[C@@H]12. The third-order valence-corrected chi connectivity index (χ3v) is 5.39. The Kier molecular flexibility index (Phi) is 3.85. The van der Waals surface area contributed by atoms with E-state index in [0.29, 0.717) is 29.1 Å². The van der Waals surface area contributed by atoms with E-state index in [1.54, 1.807) is 19.2 Å². The van der Waals surface area contributed by atoms with Crippen LogP contribution in [0.15, 0.2) is 18.2 Å². The van der Waals surface area contributed by atoms with E-state index in [1.807, 2.05) is 0 Å². The summed E-state index contributed by atoms with van der Waals surface area (Å²) < 4.78 is 24.8. The lowest BCUT2D eigenvalue weighted by Crippen LogP contribution is -2.27. The Balaban J connectivity index is 1.45. The number of nitrogens with zero attached hydrogens (tertiary/aromatic N) is 2. The summed E-state index contributed by atoms with van der Waals surface area (Å²) in [5.74, 6) is 1.48. The molecule has 2 heterocycles. The van der Waals surface area contributed by atoms with Crippen molar-refractivity contribution < 1.29 is 23.8 Å². The highest BCUT2D eigenvalue weighted by Gasteiger charge is 2.55. The van der Waals surface area contributed by atoms with Crippen LogP contribution < -0.4 is 9.80 Å². The molecule has 0 bridgehead atoms. The fourth-order valence-corrected chi connectivity index (χ4v) is 4.03. The molecule has 6 nitrogen and oxygen atoms in total. The molecular weight excluding hydrogens is 315 g/mol. The number of amides is 1. The van der Waals surface area contributed by atoms with E-state index >= 15 is 0 Å². The number of piperidine rings is 1. The third kappa shape index (κ3) is 2.52. The van der Waals surface area contributed by atoms with Crippen molar-refractivity contribution in [3.8, 4) is 0 Å². The van der Waals surface area contributed by atoms with Gasteiger partial charge in [0, 0.05) is 26.8 Å². The monoisotopic (exact) mass is 336 g/mol. The van der Waals surface area contributed by atoms with E-state index < -0.39 is 12.2 Å². The lowest BCUT2D eigenvalue weighted by atomic mass is 10.2. The molecule has 2 aliphatic heterocycles. The van der Waals surface area contributed by atoms with E-state index in [0.717, 1.165) is 19.7 Å². The molecule has 4 atom stereocenters. The Morgan fingerprint density at radius 1 is 1.33 bits per heavy atom. The van der Waals surface area contributed by atoms with Gasteiger partial charge < -0.3 is 19.5 Å². The first-order valence-corrected chi connectivity index (χ1v) is 8.24. The molecule has 2 saturated heterocycles. The second kappa shape index (κ2) is 5.89. The Hall–Kier alpha value is -1.86. The Labute approximate surface area is 139 Å². The van der Waals surface area contributed by atoms with E-state index in [4.69, 9.17) is 14.6 Å². The molecule has 24 heavy (non-hydrogen) atoms. The van der Waals surface area contributed by atoms with Crippen LogP contribution in [0.4, 0.5) is 20.6 Å². The van der Waals surface area contributed by atoms with Crippen molar-refractivity contribution in [2.24, 2.45) is 17.8 Å². The molecule has 0 radical (unpaired) electrons. The first kappa shape index (κ1) is 15.7. The quantitative estimate of drug-likeness (QED) is 0.882. The molecule has 0 spiro atoms. The summed E-state index contributed by atoms with van der Waals surface area (Å²) in [7, 11) is 1.72. The lowest BCUT2D eigenvalue weighted by Gasteiger charge is -2.23. The number of fused-ring (bicyclic) bond motifs is 1. The number of carbonyl (C=O) groups is 1. The van der Waals surface area contributed by atoms with Crippen LogP contribution in [0.25, 0.3) is 0 Å². The summed E-state index contributed by atoms with van der Waals surface area (Å²) in [6.07, 6.45) is -1.10. The van der Waals surface area contributed by atoms with Crippen LogP contribution in [0.5, 0.6) is 0 Å². The van der Waals surface area contributed by atoms with Crippen LogP contribution >= 0.6 is 0 Å². The number of hydrogen-bond donors (Lipinski definition) is 1. The number of ether oxygens (including phenoxy) is 2. The largest absolute Gasteiger partial charge is 0.441 e. The van der Waals surface area contributed by atoms with Crippen molar-refractivity contribution in [1.29, 1.82) is 0 Å². The highest BCUT2D eigenvalue weighted by atomic mass is 19.1. The van der Waals surface area contributed by atoms with Gasteiger partial charge in [-0.2, -0.15) is 0 Å². The van der Waals surface area contributed by atoms with Gasteiger partial charge in [0.2, 0.25) is 0 Å². The van der Waals surface area contributed by atoms with Gasteiger partial charge in [0.25, 0.3) is 0 Å². The number of cyclic esters (lactones) is 1. The number of halogens is 1. The van der Waals surface area contributed by atoms with Gasteiger partial charge in [0.05, 0.1) is 24.5 Å². The molecule has 4 rings (SSSR count). The number of rotatable bonds is 5. The highest BCUT2D eigenvalue weighted by molar-refractivity contribution is 5.90. The Bertz CT molecular complexity index is 643. The average Bonchev–Trinajstić information content (AvgIpc) is 2.91. The third-order valence-electron chi connectivity index (χ3n) is 5.39. The minimum absolute atomic E-state index is 0.234. The fraction of sp³-hybridized carbons (Fsp3) is 0.588. The van der Waals surface area contributed by atoms with Crippen LogP contribution in [-0.2, 0) is 9.47 Å². The number of benzene rings is 1. The first-order valence-electron chi connectivity index (χ1n) is 8.24. The summed E-state index contributed by atoms with van der Waals surface area (Å²) in [4.78, 5) is 15.2. The molecule has 1 aromatic carbocycles. The molecule has 3 fully saturated rings. The van der Waals surface area contributed by atoms with Crippen LogP contribution in [0, 0.1) is 23.6 Å². The second-order valence-corrected chi connectivity index (χ2v) is 6.79. The lowest BCUT2D eigenvalue weighted by molar-refractivity contribution is 0.0963. The van der Waals surface area contributed by atoms with Gasteiger partial charge in [-0.3, -0.25) is 4.90 Å². The van der Waals surface area contributed by atoms with Crippen molar-refractivity contribution in [3.05, 3.63) is 24.0 Å². The minimum Gasteiger partial charge on any atom is -0.441 e. The highest BCUT2D eigenvalue weighted by Crippen LogP contribution is 2.52. The van der Waals surface area contributed by atoms with Gasteiger partial charge in [-0.25, -0.2) is 9.18 Å². The molecule has 1 amide bonds. The summed E-state index contributed by atoms with van der Waals surface area (Å²) in [5.41, 5.74) is 1.03. The second-order valence-electron chi connectivity index (χ2n) is 6.79. The summed E-state index contributed by atoms with van der Waals surface area (Å²) in [5, 5.41) is 9.09. The van der Waals surface area contributed by atoms with Crippen molar-refractivity contribution in [3.63, 3.8) is 0 Å². The van der Waals surface area contributed by atoms with Gasteiger partial charge in [-0.15, -0.1) is 0 Å². The predicted octanol–water partition coefficient (Wildman–Crippen LogP) is 1.47. The van der Waals surface area contributed by atoms with Crippen molar-refractivity contribution >= 4 is 17.5 Å². The molecule has 7 heteroatoms. The van der Waals surface area contributed by atoms with Gasteiger partial charge in [-0.1, -0.05) is 0 Å². The number of hydrogen-bond acceptors (Lipinski definition) is 5. The maximum atomic E-state index is 14.6. The number of anilines is 2. The predicted molar refractivity (Wildman–Crippen MR) is 85.7 cm³/mol. The zero-order valence-electron chi connectivity index (χ0n) is 13.5. The molecule has 1 aromatic rings. The van der Waals surface area contributed by atoms with E-state index in [9.17, 15) is 9.18 Å². The minimum atomic E-state index is -0.552. The summed E-state index contributed by atoms with van der Waals surface area (Å²) in [6.45, 7) is 2.50. The fourth-order valence-electron chi connectivity index (χ4n) is 4.03. The standard InChI is InChI=1S/C17H21FN2O4/c1-23-9-14-12-6-19(7-13(12)14)16-3-2-10(4-15(16)18)20-5-11(8-21)24-17(20)22/h2-4,11-14,21H,5-9H2,1H3/t11-,12-,13+,14?/m1/s1. The van der Waals surface area contributed by atoms with E-state index in [2.05, 4.69) is 4.90 Å². The van der Waals surface area contributed by atoms with Crippen LogP contribution in [0.2, 0.25) is 0 Å². The number of methoxy groups -OCH3 is 1. The van der Waals surface area contributed by atoms with Crippen molar-refractivity contribution in [2.75, 3.05) is 49.8 Å². The van der Waals surface area contributed by atoms with Crippen molar-refractivity contribution in [1.82, 2.24) is 0 Å². The zero-order valence-corrected chi connectivity index (χ0v) is 13.5. The maximum Gasteiger partial charge on any atom is 0.414 e. The van der Waals surface area contributed by atoms with E-state index in [-0.39, 0.29) is 19.0 Å². The van der Waals surface area contributed by atoms with Gasteiger partial charge in [0.15, 0.2) is 0 Å². The van der Waals surface area contributed by atoms with Gasteiger partial charge in [0.1, 0.15) is 11.9 Å². The molecular formula is C17H21FN2O4. The number of aliphatic hydroxyl groups excluding tert-OH is 1. The number of carbonyl (C=O) groups excluding carboxylic acids is 1. The molecule has 130 valence electrons. The Morgan fingerprint density at radius 2 is 2.08 bits per heavy atom. The summed E-state index contributed by atoms with van der Waals surface area (Å²) in [6, 6.07) is 4.82. The Morgan fingerprint density at radius 3 is 2.67 bits per heavy atom. The van der Waals surface area contributed by atoms with Crippen LogP contribution in [0.1, 0.15) is 0 Å². The first-order chi connectivity index (χ1) is 11.6. The normalized spacial score (nSPS) is 31.4. The molecule has 0 aromatic heterocycles. The smallest absolute Gasteiger partial charge is 0.414 e. The average molecular weight is 336 g/mol. The topological polar surface area (TPSA) is 62.2 Å². The number of aliphatic hydroxyl groups is 1. The van der Waals surface area contributed by atoms with Crippen LogP contribution in [-0.4, -0.2) is 57.3 Å². The van der Waals surface area contributed by atoms with Crippen LogP contribution in [0.3, 0.4) is 0 Å². The van der Waals surface area contributed by atoms with Crippen molar-refractivity contribution in [2.45, 2.75) is 6.10 Å². The zero-order chi connectivity index (χ0) is 16.8. The van der Waals surface area contributed by atoms with E-state index in [1.165, 1.54) is 11.0 Å².